The maximum absolute atomic E-state index is 13.3. The monoisotopic (exact) mass is 252 g/mol. The lowest BCUT2D eigenvalue weighted by Gasteiger charge is -2.27. The highest BCUT2D eigenvalue weighted by Gasteiger charge is 2.38. The van der Waals surface area contributed by atoms with Gasteiger partial charge in [-0.25, -0.2) is 4.39 Å². The zero-order valence-corrected chi connectivity index (χ0v) is 10.3. The van der Waals surface area contributed by atoms with Crippen molar-refractivity contribution in [3.8, 4) is 0 Å². The number of benzene rings is 1. The van der Waals surface area contributed by atoms with E-state index in [4.69, 9.17) is 10.5 Å². The van der Waals surface area contributed by atoms with Crippen molar-refractivity contribution in [2.24, 2.45) is 5.73 Å². The van der Waals surface area contributed by atoms with Gasteiger partial charge in [0.05, 0.1) is 12.6 Å². The van der Waals surface area contributed by atoms with E-state index < -0.39 is 0 Å². The number of amides is 1. The third kappa shape index (κ3) is 2.52. The first-order chi connectivity index (χ1) is 8.63. The molecule has 5 heteroatoms. The summed E-state index contributed by atoms with van der Waals surface area (Å²) < 4.78 is 18.2. The Balaban J connectivity index is 2.24. The number of rotatable bonds is 4. The molecule has 1 fully saturated rings. The number of hydrogen-bond acceptors (Lipinski definition) is 3. The summed E-state index contributed by atoms with van der Waals surface area (Å²) in [6.45, 7) is 0.925. The summed E-state index contributed by atoms with van der Waals surface area (Å²) in [7, 11) is 1.58. The number of halogens is 1. The summed E-state index contributed by atoms with van der Waals surface area (Å²) in [6, 6.07) is 5.69. The lowest BCUT2D eigenvalue weighted by molar-refractivity contribution is -0.129. The SMILES string of the molecule is COCCN1C(=O)CC(N)C1c1cccc(F)c1. The van der Waals surface area contributed by atoms with Crippen molar-refractivity contribution in [3.05, 3.63) is 35.6 Å². The van der Waals surface area contributed by atoms with Crippen LogP contribution in [-0.2, 0) is 9.53 Å². The van der Waals surface area contributed by atoms with Gasteiger partial charge in [0.25, 0.3) is 0 Å². The minimum absolute atomic E-state index is 0.00573. The predicted molar refractivity (Wildman–Crippen MR) is 65.3 cm³/mol. The number of nitrogens with zero attached hydrogens (tertiary/aromatic N) is 1. The number of likely N-dealkylation sites (tertiary alicyclic amines) is 1. The van der Waals surface area contributed by atoms with Crippen LogP contribution in [0.15, 0.2) is 24.3 Å². The molecular formula is C13H17FN2O2. The Labute approximate surface area is 106 Å². The third-order valence-electron chi connectivity index (χ3n) is 3.20. The lowest BCUT2D eigenvalue weighted by atomic mass is 10.0. The van der Waals surface area contributed by atoms with Crippen molar-refractivity contribution in [2.75, 3.05) is 20.3 Å². The highest BCUT2D eigenvalue weighted by molar-refractivity contribution is 5.80. The molecule has 4 nitrogen and oxygen atoms in total. The Kier molecular flexibility index (Phi) is 3.93. The first kappa shape index (κ1) is 13.0. The van der Waals surface area contributed by atoms with Gasteiger partial charge in [-0.3, -0.25) is 4.79 Å². The molecule has 2 atom stereocenters. The normalized spacial score (nSPS) is 23.7. The molecule has 2 rings (SSSR count). The largest absolute Gasteiger partial charge is 0.383 e. The zero-order valence-electron chi connectivity index (χ0n) is 10.3. The Morgan fingerprint density at radius 3 is 3.00 bits per heavy atom. The molecule has 1 aromatic rings. The van der Waals surface area contributed by atoms with Crippen LogP contribution < -0.4 is 5.73 Å². The Morgan fingerprint density at radius 2 is 2.33 bits per heavy atom. The molecule has 98 valence electrons. The summed E-state index contributed by atoms with van der Waals surface area (Å²) >= 11 is 0. The van der Waals surface area contributed by atoms with Crippen LogP contribution >= 0.6 is 0 Å². The molecular weight excluding hydrogens is 235 g/mol. The van der Waals surface area contributed by atoms with E-state index >= 15 is 0 Å². The molecule has 0 spiro atoms. The molecule has 2 unspecified atom stereocenters. The minimum atomic E-state index is -0.314. The highest BCUT2D eigenvalue weighted by atomic mass is 19.1. The van der Waals surface area contributed by atoms with Crippen molar-refractivity contribution < 1.29 is 13.9 Å². The van der Waals surface area contributed by atoms with E-state index in [1.54, 1.807) is 24.1 Å². The van der Waals surface area contributed by atoms with Crippen molar-refractivity contribution in [1.82, 2.24) is 4.90 Å². The molecule has 1 saturated heterocycles. The second-order valence-electron chi connectivity index (χ2n) is 4.45. The number of carbonyl (C=O) groups excluding carboxylic acids is 1. The van der Waals surface area contributed by atoms with E-state index in [2.05, 4.69) is 0 Å². The Bertz CT molecular complexity index is 439. The fourth-order valence-corrected chi connectivity index (χ4v) is 2.39. The van der Waals surface area contributed by atoms with Crippen LogP contribution in [0.5, 0.6) is 0 Å². The summed E-state index contributed by atoms with van der Waals surface area (Å²) in [5.41, 5.74) is 6.73. The van der Waals surface area contributed by atoms with Gasteiger partial charge in [0, 0.05) is 26.1 Å². The standard InChI is InChI=1S/C13H17FN2O2/c1-18-6-5-16-12(17)8-11(15)13(16)9-3-2-4-10(14)7-9/h2-4,7,11,13H,5-6,8,15H2,1H3. The number of hydrogen-bond donors (Lipinski definition) is 1. The molecule has 18 heavy (non-hydrogen) atoms. The second-order valence-corrected chi connectivity index (χ2v) is 4.45. The van der Waals surface area contributed by atoms with Gasteiger partial charge in [-0.05, 0) is 17.7 Å². The van der Waals surface area contributed by atoms with E-state index in [0.717, 1.165) is 5.56 Å². The van der Waals surface area contributed by atoms with Crippen LogP contribution in [0.3, 0.4) is 0 Å². The van der Waals surface area contributed by atoms with E-state index in [1.807, 2.05) is 0 Å². The van der Waals surface area contributed by atoms with Crippen LogP contribution in [-0.4, -0.2) is 37.1 Å². The number of methoxy groups -OCH3 is 1. The smallest absolute Gasteiger partial charge is 0.224 e. The molecule has 0 bridgehead atoms. The fraction of sp³-hybridized carbons (Fsp3) is 0.462. The van der Waals surface area contributed by atoms with Gasteiger partial charge in [-0.1, -0.05) is 12.1 Å². The molecule has 1 aliphatic rings. The van der Waals surface area contributed by atoms with Gasteiger partial charge in [-0.15, -0.1) is 0 Å². The van der Waals surface area contributed by atoms with Crippen LogP contribution in [0.2, 0.25) is 0 Å². The molecule has 0 aliphatic carbocycles. The van der Waals surface area contributed by atoms with Crippen LogP contribution in [0.4, 0.5) is 4.39 Å². The molecule has 2 N–H and O–H groups in total. The van der Waals surface area contributed by atoms with Gasteiger partial charge in [0.15, 0.2) is 0 Å². The summed E-state index contributed by atoms with van der Waals surface area (Å²) in [6.07, 6.45) is 0.297. The van der Waals surface area contributed by atoms with Crippen LogP contribution in [0.25, 0.3) is 0 Å². The first-order valence-corrected chi connectivity index (χ1v) is 5.93. The van der Waals surface area contributed by atoms with E-state index in [1.165, 1.54) is 12.1 Å². The van der Waals surface area contributed by atoms with Gasteiger partial charge < -0.3 is 15.4 Å². The highest BCUT2D eigenvalue weighted by Crippen LogP contribution is 2.31. The molecule has 1 heterocycles. The molecule has 1 aliphatic heterocycles. The van der Waals surface area contributed by atoms with E-state index in [9.17, 15) is 9.18 Å². The Hall–Kier alpha value is -1.46. The summed E-state index contributed by atoms with van der Waals surface area (Å²) in [5, 5.41) is 0. The third-order valence-corrected chi connectivity index (χ3v) is 3.20. The van der Waals surface area contributed by atoms with Gasteiger partial charge in [-0.2, -0.15) is 0 Å². The molecule has 1 amide bonds. The topological polar surface area (TPSA) is 55.6 Å². The molecule has 0 aromatic heterocycles. The molecule has 0 saturated carbocycles. The average molecular weight is 252 g/mol. The fourth-order valence-electron chi connectivity index (χ4n) is 2.39. The number of nitrogens with two attached hydrogens (primary N) is 1. The van der Waals surface area contributed by atoms with E-state index in [0.29, 0.717) is 19.6 Å². The van der Waals surface area contributed by atoms with Gasteiger partial charge in [0.2, 0.25) is 5.91 Å². The minimum Gasteiger partial charge on any atom is -0.383 e. The second kappa shape index (κ2) is 5.46. The summed E-state index contributed by atoms with van der Waals surface area (Å²) in [5.74, 6) is -0.320. The first-order valence-electron chi connectivity index (χ1n) is 5.93. The zero-order chi connectivity index (χ0) is 13.1. The Morgan fingerprint density at radius 1 is 1.56 bits per heavy atom. The van der Waals surface area contributed by atoms with Crippen molar-refractivity contribution in [2.45, 2.75) is 18.5 Å². The lowest BCUT2D eigenvalue weighted by Crippen LogP contribution is -2.35. The maximum atomic E-state index is 13.3. The van der Waals surface area contributed by atoms with Gasteiger partial charge in [0.1, 0.15) is 5.82 Å². The van der Waals surface area contributed by atoms with Gasteiger partial charge >= 0.3 is 0 Å². The van der Waals surface area contributed by atoms with E-state index in [-0.39, 0.29) is 23.8 Å². The maximum Gasteiger partial charge on any atom is 0.224 e. The average Bonchev–Trinajstić information content (AvgIpc) is 2.61. The number of ether oxygens (including phenoxy) is 1. The summed E-state index contributed by atoms with van der Waals surface area (Å²) in [4.78, 5) is 13.5. The van der Waals surface area contributed by atoms with Crippen LogP contribution in [0, 0.1) is 5.82 Å². The van der Waals surface area contributed by atoms with Crippen molar-refractivity contribution in [1.29, 1.82) is 0 Å². The van der Waals surface area contributed by atoms with Crippen LogP contribution in [0.1, 0.15) is 18.0 Å². The molecule has 0 radical (unpaired) electrons. The van der Waals surface area contributed by atoms with Crippen molar-refractivity contribution in [3.63, 3.8) is 0 Å². The predicted octanol–water partition coefficient (Wildman–Crippen LogP) is 1.07. The quantitative estimate of drug-likeness (QED) is 0.872. The van der Waals surface area contributed by atoms with Crippen molar-refractivity contribution >= 4 is 5.91 Å². The molecule has 1 aromatic carbocycles. The number of carbonyl (C=O) groups is 1.